The molecule has 88 valence electrons. The number of aromatic amines is 1. The molecule has 1 heterocycles. The molecular weight excluding hydrogens is 252 g/mol. The molecule has 2 nitrogen and oxygen atoms in total. The Balaban J connectivity index is 2.56. The maximum absolute atomic E-state index is 5.97. The molecule has 0 unspecified atom stereocenters. The van der Waals surface area contributed by atoms with E-state index >= 15 is 0 Å². The van der Waals surface area contributed by atoms with Gasteiger partial charge in [0, 0.05) is 16.3 Å². The first-order valence-corrected chi connectivity index (χ1v) is 6.22. The normalized spacial score (nSPS) is 10.8. The average Bonchev–Trinajstić information content (AvgIpc) is 2.28. The highest BCUT2D eigenvalue weighted by Crippen LogP contribution is 2.21. The molecule has 1 N–H and O–H groups in total. The lowest BCUT2D eigenvalue weighted by molar-refractivity contribution is 0.815. The molecule has 1 aromatic carbocycles. The van der Waals surface area contributed by atoms with Crippen molar-refractivity contribution in [1.29, 1.82) is 0 Å². The van der Waals surface area contributed by atoms with Crippen molar-refractivity contribution in [2.75, 3.05) is 0 Å². The van der Waals surface area contributed by atoms with Gasteiger partial charge in [0.1, 0.15) is 10.5 Å². The maximum Gasteiger partial charge on any atom is 0.139 e. The van der Waals surface area contributed by atoms with Crippen LogP contribution in [0.5, 0.6) is 0 Å². The minimum absolute atomic E-state index is 0.387. The van der Waals surface area contributed by atoms with E-state index in [4.69, 9.17) is 23.8 Å². The molecule has 2 rings (SSSR count). The molecule has 0 amide bonds. The van der Waals surface area contributed by atoms with Crippen molar-refractivity contribution in [3.63, 3.8) is 0 Å². The van der Waals surface area contributed by atoms with E-state index in [1.165, 1.54) is 0 Å². The molecule has 0 aliphatic carbocycles. The summed E-state index contributed by atoms with van der Waals surface area (Å²) in [6.07, 6.45) is 0. The molecule has 0 aliphatic rings. The highest BCUT2D eigenvalue weighted by molar-refractivity contribution is 7.71. The average molecular weight is 265 g/mol. The van der Waals surface area contributed by atoms with Gasteiger partial charge in [-0.05, 0) is 24.1 Å². The van der Waals surface area contributed by atoms with E-state index in [2.05, 4.69) is 23.8 Å². The maximum atomic E-state index is 5.97. The van der Waals surface area contributed by atoms with Crippen LogP contribution in [0, 0.1) is 4.64 Å². The van der Waals surface area contributed by atoms with E-state index in [0.717, 1.165) is 17.1 Å². The van der Waals surface area contributed by atoms with Crippen LogP contribution in [0.25, 0.3) is 11.4 Å². The minimum Gasteiger partial charge on any atom is -0.343 e. The van der Waals surface area contributed by atoms with E-state index in [-0.39, 0.29) is 0 Å². The Bertz CT molecular complexity index is 590. The molecule has 0 bridgehead atoms. The topological polar surface area (TPSA) is 28.7 Å². The van der Waals surface area contributed by atoms with Gasteiger partial charge in [0.15, 0.2) is 0 Å². The zero-order chi connectivity index (χ0) is 12.4. The number of halogens is 1. The van der Waals surface area contributed by atoms with Gasteiger partial charge in [0.2, 0.25) is 0 Å². The third-order valence-electron chi connectivity index (χ3n) is 2.48. The Kier molecular flexibility index (Phi) is 3.60. The van der Waals surface area contributed by atoms with Crippen molar-refractivity contribution in [2.45, 2.75) is 19.8 Å². The van der Waals surface area contributed by atoms with Crippen LogP contribution in [-0.2, 0) is 0 Å². The van der Waals surface area contributed by atoms with Crippen molar-refractivity contribution < 1.29 is 0 Å². The molecule has 4 heteroatoms. The molecule has 0 aliphatic heterocycles. The van der Waals surface area contributed by atoms with Crippen LogP contribution < -0.4 is 0 Å². The fourth-order valence-electron chi connectivity index (χ4n) is 1.56. The van der Waals surface area contributed by atoms with Crippen molar-refractivity contribution in [1.82, 2.24) is 9.97 Å². The lowest BCUT2D eigenvalue weighted by Gasteiger charge is -2.08. The SMILES string of the molecule is CC(C)c1cc(=S)nc(-c2cccc(Cl)c2)[nH]1. The Morgan fingerprint density at radius 1 is 1.29 bits per heavy atom. The van der Waals surface area contributed by atoms with Crippen LogP contribution >= 0.6 is 23.8 Å². The van der Waals surface area contributed by atoms with Gasteiger partial charge in [-0.15, -0.1) is 0 Å². The summed E-state index contributed by atoms with van der Waals surface area (Å²) in [6.45, 7) is 4.23. The van der Waals surface area contributed by atoms with Crippen molar-refractivity contribution in [3.05, 3.63) is 45.7 Å². The molecule has 0 spiro atoms. The van der Waals surface area contributed by atoms with E-state index in [1.54, 1.807) is 0 Å². The van der Waals surface area contributed by atoms with Crippen molar-refractivity contribution >= 4 is 23.8 Å². The van der Waals surface area contributed by atoms with Crippen LogP contribution in [0.3, 0.4) is 0 Å². The Morgan fingerprint density at radius 2 is 2.06 bits per heavy atom. The molecular formula is C13H13ClN2S. The molecule has 0 fully saturated rings. The molecule has 1 aromatic heterocycles. The molecule has 0 saturated carbocycles. The second-order valence-electron chi connectivity index (χ2n) is 4.19. The summed E-state index contributed by atoms with van der Waals surface area (Å²) in [4.78, 5) is 7.62. The van der Waals surface area contributed by atoms with Crippen molar-refractivity contribution in [2.24, 2.45) is 0 Å². The summed E-state index contributed by atoms with van der Waals surface area (Å²) in [5, 5.41) is 0.693. The first-order chi connectivity index (χ1) is 8.06. The summed E-state index contributed by atoms with van der Waals surface area (Å²) in [7, 11) is 0. The zero-order valence-electron chi connectivity index (χ0n) is 9.70. The van der Waals surface area contributed by atoms with Gasteiger partial charge in [-0.2, -0.15) is 0 Å². The number of nitrogens with one attached hydrogen (secondary N) is 1. The number of benzene rings is 1. The summed E-state index contributed by atoms with van der Waals surface area (Å²) >= 11 is 11.1. The lowest BCUT2D eigenvalue weighted by Crippen LogP contribution is -1.97. The number of rotatable bonds is 2. The predicted molar refractivity (Wildman–Crippen MR) is 74.0 cm³/mol. The molecule has 0 atom stereocenters. The first kappa shape index (κ1) is 12.3. The van der Waals surface area contributed by atoms with Gasteiger partial charge in [0.05, 0.1) is 0 Å². The summed E-state index contributed by atoms with van der Waals surface area (Å²) in [6, 6.07) is 9.47. The van der Waals surface area contributed by atoms with E-state index in [0.29, 0.717) is 15.6 Å². The van der Waals surface area contributed by atoms with Crippen molar-refractivity contribution in [3.8, 4) is 11.4 Å². The molecule has 2 aromatic rings. The number of aromatic nitrogens is 2. The predicted octanol–water partition coefficient (Wildman–Crippen LogP) is 4.58. The van der Waals surface area contributed by atoms with E-state index in [1.807, 2.05) is 30.3 Å². The summed E-state index contributed by atoms with van der Waals surface area (Å²) < 4.78 is 0.599. The minimum atomic E-state index is 0.387. The number of hydrogen-bond donors (Lipinski definition) is 1. The fourth-order valence-corrected chi connectivity index (χ4v) is 1.97. The van der Waals surface area contributed by atoms with Crippen LogP contribution in [0.4, 0.5) is 0 Å². The zero-order valence-corrected chi connectivity index (χ0v) is 11.3. The second-order valence-corrected chi connectivity index (χ2v) is 5.04. The van der Waals surface area contributed by atoms with Gasteiger partial charge >= 0.3 is 0 Å². The number of H-pyrrole nitrogens is 1. The monoisotopic (exact) mass is 264 g/mol. The van der Waals surface area contributed by atoms with E-state index in [9.17, 15) is 0 Å². The van der Waals surface area contributed by atoms with Gasteiger partial charge in [-0.3, -0.25) is 0 Å². The van der Waals surface area contributed by atoms with Crippen LogP contribution in [0.2, 0.25) is 5.02 Å². The number of hydrogen-bond acceptors (Lipinski definition) is 2. The molecule has 0 saturated heterocycles. The van der Waals surface area contributed by atoms with Gasteiger partial charge in [0.25, 0.3) is 0 Å². The standard InChI is InChI=1S/C13H13ClN2S/c1-8(2)11-7-12(17)16-13(15-11)9-4-3-5-10(14)6-9/h3-8H,1-2H3,(H,15,16,17). The van der Waals surface area contributed by atoms with Gasteiger partial charge < -0.3 is 4.98 Å². The second kappa shape index (κ2) is 4.98. The third-order valence-corrected chi connectivity index (χ3v) is 2.93. The van der Waals surface area contributed by atoms with Crippen LogP contribution in [0.1, 0.15) is 25.5 Å². The summed E-state index contributed by atoms with van der Waals surface area (Å²) in [5.41, 5.74) is 2.03. The summed E-state index contributed by atoms with van der Waals surface area (Å²) in [5.74, 6) is 1.15. The first-order valence-electron chi connectivity index (χ1n) is 5.43. The van der Waals surface area contributed by atoms with Gasteiger partial charge in [-0.25, -0.2) is 4.98 Å². The highest BCUT2D eigenvalue weighted by Gasteiger charge is 2.05. The Hall–Kier alpha value is -1.19. The highest BCUT2D eigenvalue weighted by atomic mass is 35.5. The Morgan fingerprint density at radius 3 is 2.71 bits per heavy atom. The third kappa shape index (κ3) is 2.93. The molecule has 17 heavy (non-hydrogen) atoms. The Labute approximate surface area is 111 Å². The molecule has 0 radical (unpaired) electrons. The van der Waals surface area contributed by atoms with Crippen LogP contribution in [-0.4, -0.2) is 9.97 Å². The quantitative estimate of drug-likeness (QED) is 0.804. The van der Waals surface area contributed by atoms with Crippen LogP contribution in [0.15, 0.2) is 30.3 Å². The fraction of sp³-hybridized carbons (Fsp3) is 0.231. The van der Waals surface area contributed by atoms with Gasteiger partial charge in [-0.1, -0.05) is 49.8 Å². The largest absolute Gasteiger partial charge is 0.343 e. The number of nitrogens with zero attached hydrogens (tertiary/aromatic N) is 1. The van der Waals surface area contributed by atoms with E-state index < -0.39 is 0 Å². The lowest BCUT2D eigenvalue weighted by atomic mass is 10.1. The smallest absolute Gasteiger partial charge is 0.139 e.